The third-order valence-electron chi connectivity index (χ3n) is 9.84. The van der Waals surface area contributed by atoms with E-state index in [9.17, 15) is 46.1 Å². The summed E-state index contributed by atoms with van der Waals surface area (Å²) >= 11 is 1.50. The van der Waals surface area contributed by atoms with Crippen molar-refractivity contribution in [1.82, 2.24) is 25.1 Å². The number of aliphatic hydroxyl groups excluding tert-OH is 1. The van der Waals surface area contributed by atoms with Crippen LogP contribution in [-0.2, 0) is 20.9 Å². The number of nitrogens with zero attached hydrogens (tertiary/aromatic N) is 3. The first kappa shape index (κ1) is 48.4. The monoisotopic (exact) mass is 889 g/mol. The summed E-state index contributed by atoms with van der Waals surface area (Å²) in [6, 6.07) is 10.4. The lowest BCUT2D eigenvalue weighted by molar-refractivity contribution is -0.193. The van der Waals surface area contributed by atoms with Crippen LogP contribution in [0.15, 0.2) is 46.6 Å². The van der Waals surface area contributed by atoms with Crippen LogP contribution >= 0.6 is 11.3 Å². The number of thiazole rings is 1. The van der Waals surface area contributed by atoms with Crippen LogP contribution in [0.2, 0.25) is 0 Å². The van der Waals surface area contributed by atoms with Gasteiger partial charge >= 0.3 is 24.3 Å². The third kappa shape index (κ3) is 13.6. The molecule has 4 aromatic rings. The number of aliphatic carboxylic acids is 2. The van der Waals surface area contributed by atoms with E-state index in [4.69, 9.17) is 29.3 Å². The van der Waals surface area contributed by atoms with Gasteiger partial charge in [-0.15, -0.1) is 11.3 Å². The zero-order valence-electron chi connectivity index (χ0n) is 33.2. The first-order valence-corrected chi connectivity index (χ1v) is 19.5. The number of halogens is 6. The SMILES string of the molecule is Cc1nc(C(=O)N2CCOC3(CCN(CCOc4cc(C)c(CNC[C@H](O)c5ccc(O)c6[nH]c(=O)ccc56)cc4C)CC3)C2)cs1.O=C(O)C(F)(F)F.O=C(O)C(F)(F)F. The summed E-state index contributed by atoms with van der Waals surface area (Å²) in [6.45, 7) is 11.9. The van der Waals surface area contributed by atoms with E-state index < -0.39 is 30.4 Å². The molecule has 2 fully saturated rings. The summed E-state index contributed by atoms with van der Waals surface area (Å²) in [5.74, 6) is -4.68. The van der Waals surface area contributed by atoms with E-state index in [-0.39, 0.29) is 22.8 Å². The number of alkyl halides is 6. The van der Waals surface area contributed by atoms with Crippen LogP contribution < -0.4 is 15.6 Å². The van der Waals surface area contributed by atoms with Gasteiger partial charge in [-0.05, 0) is 74.1 Å². The Morgan fingerprint density at radius 1 is 0.984 bits per heavy atom. The number of aliphatic hydroxyl groups is 1. The number of hydrogen-bond acceptors (Lipinski definition) is 12. The van der Waals surface area contributed by atoms with Gasteiger partial charge < -0.3 is 45.1 Å². The molecule has 2 aromatic carbocycles. The Bertz CT molecular complexity index is 2200. The van der Waals surface area contributed by atoms with Crippen molar-refractivity contribution < 1.29 is 70.6 Å². The second-order valence-electron chi connectivity index (χ2n) is 14.3. The van der Waals surface area contributed by atoms with Crippen LogP contribution in [0, 0.1) is 20.8 Å². The summed E-state index contributed by atoms with van der Waals surface area (Å²) in [5.41, 5.74) is 4.16. The van der Waals surface area contributed by atoms with Crippen molar-refractivity contribution in [2.24, 2.45) is 0 Å². The van der Waals surface area contributed by atoms with Crippen LogP contribution in [0.4, 0.5) is 26.3 Å². The van der Waals surface area contributed by atoms with Gasteiger partial charge in [0.1, 0.15) is 23.8 Å². The summed E-state index contributed by atoms with van der Waals surface area (Å²) in [7, 11) is 0. The van der Waals surface area contributed by atoms with Crippen LogP contribution in [0.25, 0.3) is 10.9 Å². The lowest BCUT2D eigenvalue weighted by Gasteiger charge is -2.47. The van der Waals surface area contributed by atoms with Crippen LogP contribution in [-0.4, -0.2) is 128 Å². The lowest BCUT2D eigenvalue weighted by Crippen LogP contribution is -2.58. The molecule has 6 rings (SSSR count). The molecule has 0 unspecified atom stereocenters. The number of fused-ring (bicyclic) bond motifs is 1. The maximum atomic E-state index is 13.0. The van der Waals surface area contributed by atoms with Crippen LogP contribution in [0.3, 0.4) is 0 Å². The van der Waals surface area contributed by atoms with Gasteiger partial charge in [0.15, 0.2) is 0 Å². The quantitative estimate of drug-likeness (QED) is 0.115. The maximum absolute atomic E-state index is 13.0. The van der Waals surface area contributed by atoms with E-state index in [0.29, 0.717) is 61.6 Å². The topological polar surface area (TPSA) is 215 Å². The fourth-order valence-corrected chi connectivity index (χ4v) is 7.20. The molecule has 2 saturated heterocycles. The van der Waals surface area contributed by atoms with Gasteiger partial charge in [0, 0.05) is 56.1 Å². The molecule has 1 amide bonds. The minimum absolute atomic E-state index is 0.000266. The maximum Gasteiger partial charge on any atom is 0.490 e. The Kier molecular flexibility index (Phi) is 16.3. The Labute approximate surface area is 348 Å². The van der Waals surface area contributed by atoms with Gasteiger partial charge in [-0.3, -0.25) is 14.5 Å². The van der Waals surface area contributed by atoms with E-state index in [1.54, 1.807) is 12.1 Å². The van der Waals surface area contributed by atoms with Crippen molar-refractivity contribution in [3.8, 4) is 11.5 Å². The number of aromatic nitrogens is 2. The number of carboxylic acids is 2. The number of piperidine rings is 1. The lowest BCUT2D eigenvalue weighted by atomic mass is 9.89. The molecule has 1 spiro atoms. The molecule has 334 valence electrons. The van der Waals surface area contributed by atoms with Crippen molar-refractivity contribution in [2.45, 2.75) is 64.2 Å². The van der Waals surface area contributed by atoms with Crippen molar-refractivity contribution in [1.29, 1.82) is 0 Å². The molecule has 1 atom stereocenters. The normalized spacial score (nSPS) is 15.9. The average molecular weight is 890 g/mol. The molecule has 4 heterocycles. The average Bonchev–Trinajstić information content (AvgIpc) is 3.63. The standard InChI is InChI=1S/C35H43N5O6S.2C2HF3O2/c1-22-17-31(23(2)16-25(22)18-36-19-30(42)26-4-6-29(41)33-27(26)5-7-32(43)38-33)45-14-12-39-10-8-35(9-11-39)21-40(13-15-46-35)34(44)28-20-47-24(3)37-28;2*3-2(4,5)1(6)7/h4-7,16-17,20,30,36,41-42H,8-15,18-19,21H2,1-3H3,(H,38,43);2*(H,6,7)/t30-;;/m0../s1. The van der Waals surface area contributed by atoms with Crippen LogP contribution in [0.1, 0.15) is 56.7 Å². The molecule has 0 aliphatic carbocycles. The van der Waals surface area contributed by atoms with Crippen molar-refractivity contribution >= 4 is 40.1 Å². The van der Waals surface area contributed by atoms with Crippen molar-refractivity contribution in [3.05, 3.63) is 85.1 Å². The summed E-state index contributed by atoms with van der Waals surface area (Å²) in [6.07, 6.45) is -9.23. The molecule has 0 bridgehead atoms. The number of H-pyrrole nitrogens is 1. The molecular formula is C39H45F6N5O10S. The number of aromatic amines is 1. The number of carboxylic acid groups (broad SMARTS) is 2. The second-order valence-corrected chi connectivity index (χ2v) is 15.3. The van der Waals surface area contributed by atoms with Gasteiger partial charge in [-0.1, -0.05) is 12.1 Å². The zero-order valence-corrected chi connectivity index (χ0v) is 34.0. The van der Waals surface area contributed by atoms with Gasteiger partial charge in [0.05, 0.1) is 35.4 Å². The number of ether oxygens (including phenoxy) is 2. The van der Waals surface area contributed by atoms with Crippen molar-refractivity contribution in [2.75, 3.05) is 52.5 Å². The number of nitrogens with one attached hydrogen (secondary N) is 2. The number of pyridine rings is 1. The van der Waals surface area contributed by atoms with E-state index in [1.165, 1.54) is 23.5 Å². The number of rotatable bonds is 10. The number of benzene rings is 2. The Morgan fingerprint density at radius 2 is 1.62 bits per heavy atom. The predicted molar refractivity (Wildman–Crippen MR) is 209 cm³/mol. The number of aryl methyl sites for hydroxylation is 3. The van der Waals surface area contributed by atoms with Crippen molar-refractivity contribution in [3.63, 3.8) is 0 Å². The summed E-state index contributed by atoms with van der Waals surface area (Å²) in [4.78, 5) is 53.8. The smallest absolute Gasteiger partial charge is 0.490 e. The number of likely N-dealkylation sites (tertiary alicyclic amines) is 1. The Morgan fingerprint density at radius 3 is 2.21 bits per heavy atom. The molecule has 6 N–H and O–H groups in total. The third-order valence-corrected chi connectivity index (χ3v) is 10.6. The summed E-state index contributed by atoms with van der Waals surface area (Å²) < 4.78 is 76.0. The number of carbonyl (C=O) groups excluding carboxylic acids is 1. The number of carbonyl (C=O) groups is 3. The highest BCUT2D eigenvalue weighted by atomic mass is 32.1. The van der Waals surface area contributed by atoms with E-state index in [0.717, 1.165) is 59.9 Å². The van der Waals surface area contributed by atoms with Gasteiger partial charge in [0.25, 0.3) is 5.91 Å². The molecule has 61 heavy (non-hydrogen) atoms. The minimum atomic E-state index is -5.08. The highest BCUT2D eigenvalue weighted by Gasteiger charge is 2.42. The largest absolute Gasteiger partial charge is 0.506 e. The summed E-state index contributed by atoms with van der Waals surface area (Å²) in [5, 5.41) is 42.0. The Hall–Kier alpha value is -5.29. The number of morpholine rings is 1. The fraction of sp³-hybridized carbons (Fsp3) is 0.462. The molecule has 2 aliphatic rings. The number of hydrogen-bond donors (Lipinski definition) is 6. The van der Waals surface area contributed by atoms with E-state index in [2.05, 4.69) is 39.2 Å². The highest BCUT2D eigenvalue weighted by molar-refractivity contribution is 7.09. The Balaban J connectivity index is 0.000000504. The molecule has 0 radical (unpaired) electrons. The van der Waals surface area contributed by atoms with Crippen LogP contribution in [0.5, 0.6) is 11.5 Å². The first-order chi connectivity index (χ1) is 28.5. The number of aromatic hydroxyl groups is 1. The molecule has 0 saturated carbocycles. The highest BCUT2D eigenvalue weighted by Crippen LogP contribution is 2.32. The molecule has 2 aliphatic heterocycles. The van der Waals surface area contributed by atoms with Gasteiger partial charge in [0.2, 0.25) is 5.56 Å². The zero-order chi connectivity index (χ0) is 45.3. The van der Waals surface area contributed by atoms with E-state index in [1.807, 2.05) is 24.1 Å². The number of phenols is 1. The fourth-order valence-electron chi connectivity index (χ4n) is 6.61. The molecule has 2 aromatic heterocycles. The first-order valence-electron chi connectivity index (χ1n) is 18.6. The van der Waals surface area contributed by atoms with E-state index >= 15 is 0 Å². The van der Waals surface area contributed by atoms with Gasteiger partial charge in [-0.25, -0.2) is 14.6 Å². The second kappa shape index (κ2) is 20.5. The molecule has 22 heteroatoms. The molecule has 15 nitrogen and oxygen atoms in total. The number of phenolic OH excluding ortho intramolecular Hbond substituents is 1. The predicted octanol–water partition coefficient (Wildman–Crippen LogP) is 5.09. The minimum Gasteiger partial charge on any atom is -0.506 e. The number of amides is 1. The van der Waals surface area contributed by atoms with Gasteiger partial charge in [-0.2, -0.15) is 26.3 Å². The molecular weight excluding hydrogens is 845 g/mol.